The molecular formula is C34H44N4O8S. The summed E-state index contributed by atoms with van der Waals surface area (Å²) in [6, 6.07) is 22.1. The van der Waals surface area contributed by atoms with Crippen molar-refractivity contribution in [1.29, 1.82) is 0 Å². The third-order valence-electron chi connectivity index (χ3n) is 7.79. The van der Waals surface area contributed by atoms with Gasteiger partial charge in [-0.05, 0) is 94.1 Å². The molecule has 0 atom stereocenters. The Hall–Kier alpha value is -4.46. The zero-order valence-electron chi connectivity index (χ0n) is 27.5. The molecule has 3 aromatic rings. The van der Waals surface area contributed by atoms with Crippen molar-refractivity contribution in [2.24, 2.45) is 5.92 Å². The van der Waals surface area contributed by atoms with Crippen LogP contribution in [0.3, 0.4) is 0 Å². The van der Waals surface area contributed by atoms with Crippen molar-refractivity contribution in [1.82, 2.24) is 9.80 Å². The van der Waals surface area contributed by atoms with Crippen molar-refractivity contribution in [3.8, 4) is 5.75 Å². The van der Waals surface area contributed by atoms with Gasteiger partial charge in [0.25, 0.3) is 10.0 Å². The summed E-state index contributed by atoms with van der Waals surface area (Å²) in [5.41, 5.74) is 3.37. The average Bonchev–Trinajstić information content (AvgIpc) is 3.05. The number of piperidine rings is 1. The summed E-state index contributed by atoms with van der Waals surface area (Å²) in [6.45, 7) is 3.04. The summed E-state index contributed by atoms with van der Waals surface area (Å²) in [5, 5.41) is 14.8. The van der Waals surface area contributed by atoms with Gasteiger partial charge in [-0.3, -0.25) is 9.10 Å². The highest BCUT2D eigenvalue weighted by Crippen LogP contribution is 2.33. The van der Waals surface area contributed by atoms with Gasteiger partial charge in [0, 0.05) is 50.9 Å². The zero-order chi connectivity index (χ0) is 34.7. The minimum Gasteiger partial charge on any atom is -0.495 e. The van der Waals surface area contributed by atoms with Gasteiger partial charge in [0.05, 0.1) is 17.7 Å². The van der Waals surface area contributed by atoms with E-state index in [9.17, 15) is 13.2 Å². The number of hydrogen-bond acceptors (Lipinski definition) is 9. The molecule has 1 heterocycles. The molecule has 4 rings (SSSR count). The quantitative estimate of drug-likeness (QED) is 0.215. The van der Waals surface area contributed by atoms with Crippen LogP contribution in [0.25, 0.3) is 0 Å². The largest absolute Gasteiger partial charge is 0.495 e. The van der Waals surface area contributed by atoms with Crippen molar-refractivity contribution >= 4 is 39.1 Å². The Morgan fingerprint density at radius 2 is 1.43 bits per heavy atom. The monoisotopic (exact) mass is 668 g/mol. The lowest BCUT2D eigenvalue weighted by atomic mass is 9.89. The number of aliphatic carboxylic acids is 2. The predicted octanol–water partition coefficient (Wildman–Crippen LogP) is 3.77. The summed E-state index contributed by atoms with van der Waals surface area (Å²) in [4.78, 5) is 37.9. The molecule has 13 heteroatoms. The van der Waals surface area contributed by atoms with Gasteiger partial charge >= 0.3 is 11.9 Å². The second-order valence-electron chi connectivity index (χ2n) is 11.7. The lowest BCUT2D eigenvalue weighted by Gasteiger charge is -2.33. The summed E-state index contributed by atoms with van der Waals surface area (Å²) in [7, 11) is 5.63. The van der Waals surface area contributed by atoms with E-state index in [-0.39, 0.29) is 23.1 Å². The van der Waals surface area contributed by atoms with Crippen molar-refractivity contribution in [2.75, 3.05) is 70.7 Å². The second kappa shape index (κ2) is 16.9. The van der Waals surface area contributed by atoms with Crippen LogP contribution in [0.15, 0.2) is 77.7 Å². The number of hydrogen-bond donors (Lipinski definition) is 2. The number of sulfonamides is 1. The Bertz CT molecular complexity index is 1590. The fourth-order valence-electron chi connectivity index (χ4n) is 5.28. The molecule has 1 saturated heterocycles. The summed E-state index contributed by atoms with van der Waals surface area (Å²) >= 11 is 0. The Morgan fingerprint density at radius 1 is 0.851 bits per heavy atom. The molecule has 1 aliphatic rings. The van der Waals surface area contributed by atoms with Crippen LogP contribution in [0.5, 0.6) is 5.75 Å². The van der Waals surface area contributed by atoms with E-state index in [4.69, 9.17) is 24.5 Å². The Morgan fingerprint density at radius 3 is 1.94 bits per heavy atom. The average molecular weight is 669 g/mol. The Balaban J connectivity index is 0.000000913. The van der Waals surface area contributed by atoms with Crippen molar-refractivity contribution in [2.45, 2.75) is 24.3 Å². The van der Waals surface area contributed by atoms with Crippen molar-refractivity contribution in [3.63, 3.8) is 0 Å². The number of carboxylic acid groups (broad SMARTS) is 2. The standard InChI is InChI=1S/C32H42N4O4S.C2H2O4/c1-33(2)24-25-10-16-29(17-11-25)41(38,39)36(30-8-6-7-9-31(30)40-5)23-22-35-20-18-27(19-21-35)32(37)26-12-14-28(15-13-26)34(3)4;3-1(4)2(5)6/h6-17,27H,18-24H2,1-5H3;(H,3,4)(H,5,6). The molecule has 12 nitrogen and oxygen atoms in total. The predicted molar refractivity (Wildman–Crippen MR) is 181 cm³/mol. The molecule has 47 heavy (non-hydrogen) atoms. The van der Waals surface area contributed by atoms with E-state index < -0.39 is 22.0 Å². The molecule has 0 aromatic heterocycles. The third kappa shape index (κ3) is 10.3. The number of methoxy groups -OCH3 is 1. The number of benzene rings is 3. The number of Topliss-reactive ketones (excluding diaryl/α,β-unsaturated/α-hetero) is 1. The maximum Gasteiger partial charge on any atom is 0.414 e. The summed E-state index contributed by atoms with van der Waals surface area (Å²) in [5.74, 6) is -2.98. The molecule has 3 aromatic carbocycles. The van der Waals surface area contributed by atoms with Crippen LogP contribution >= 0.6 is 0 Å². The van der Waals surface area contributed by atoms with Crippen LogP contribution in [0.2, 0.25) is 0 Å². The van der Waals surface area contributed by atoms with E-state index in [0.29, 0.717) is 18.0 Å². The molecule has 0 spiro atoms. The molecular weight excluding hydrogens is 624 g/mol. The third-order valence-corrected chi connectivity index (χ3v) is 9.62. The normalized spacial score (nSPS) is 13.7. The number of nitrogens with zero attached hydrogens (tertiary/aromatic N) is 4. The van der Waals surface area contributed by atoms with Gasteiger partial charge < -0.3 is 29.6 Å². The van der Waals surface area contributed by atoms with Crippen LogP contribution < -0.4 is 13.9 Å². The second-order valence-corrected chi connectivity index (χ2v) is 13.5. The number of ketones is 1. The Labute approximate surface area is 276 Å². The molecule has 2 N–H and O–H groups in total. The van der Waals surface area contributed by atoms with Crippen LogP contribution in [-0.2, 0) is 26.2 Å². The highest BCUT2D eigenvalue weighted by Gasteiger charge is 2.30. The first-order valence-electron chi connectivity index (χ1n) is 15.1. The summed E-state index contributed by atoms with van der Waals surface area (Å²) in [6.07, 6.45) is 1.51. The number of carbonyl (C=O) groups excluding carboxylic acids is 1. The van der Waals surface area contributed by atoms with Gasteiger partial charge in [0.2, 0.25) is 0 Å². The maximum absolute atomic E-state index is 14.0. The minimum atomic E-state index is -3.85. The first kappa shape index (κ1) is 37.0. The Kier molecular flexibility index (Phi) is 13.3. The van der Waals surface area contributed by atoms with Crippen molar-refractivity contribution < 1.29 is 37.8 Å². The number of carbonyl (C=O) groups is 3. The van der Waals surface area contributed by atoms with E-state index in [0.717, 1.165) is 49.3 Å². The topological polar surface area (TPSA) is 148 Å². The molecule has 0 aliphatic carbocycles. The van der Waals surface area contributed by atoms with Gasteiger partial charge in [0.1, 0.15) is 5.75 Å². The molecule has 1 fully saturated rings. The van der Waals surface area contributed by atoms with Crippen LogP contribution in [0.4, 0.5) is 11.4 Å². The van der Waals surface area contributed by atoms with Crippen LogP contribution in [0, 0.1) is 5.92 Å². The van der Waals surface area contributed by atoms with Gasteiger partial charge in [-0.25, -0.2) is 18.0 Å². The highest BCUT2D eigenvalue weighted by atomic mass is 32.2. The number of para-hydroxylation sites is 2. The molecule has 0 bridgehead atoms. The lowest BCUT2D eigenvalue weighted by molar-refractivity contribution is -0.159. The van der Waals surface area contributed by atoms with Crippen LogP contribution in [-0.4, -0.2) is 108 Å². The van der Waals surface area contributed by atoms with Crippen LogP contribution in [0.1, 0.15) is 28.8 Å². The van der Waals surface area contributed by atoms with Crippen molar-refractivity contribution in [3.05, 3.63) is 83.9 Å². The van der Waals surface area contributed by atoms with Gasteiger partial charge in [-0.1, -0.05) is 24.3 Å². The number of rotatable bonds is 12. The number of ether oxygens (including phenoxy) is 1. The zero-order valence-corrected chi connectivity index (χ0v) is 28.3. The molecule has 254 valence electrons. The summed E-state index contributed by atoms with van der Waals surface area (Å²) < 4.78 is 34.9. The molecule has 0 amide bonds. The first-order valence-corrected chi connectivity index (χ1v) is 16.6. The van der Waals surface area contributed by atoms with E-state index >= 15 is 0 Å². The van der Waals surface area contributed by atoms with E-state index in [1.165, 1.54) is 4.31 Å². The fraction of sp³-hybridized carbons (Fsp3) is 0.382. The SMILES string of the molecule is COc1ccccc1N(CCN1CCC(C(=O)c2ccc(N(C)C)cc2)CC1)S(=O)(=O)c1ccc(CN(C)C)cc1.O=C(O)C(=O)O. The van der Waals surface area contributed by atoms with E-state index in [1.54, 1.807) is 31.4 Å². The van der Waals surface area contributed by atoms with Gasteiger partial charge in [-0.15, -0.1) is 0 Å². The van der Waals surface area contributed by atoms with E-state index in [2.05, 4.69) is 4.90 Å². The molecule has 0 radical (unpaired) electrons. The van der Waals surface area contributed by atoms with E-state index in [1.807, 2.05) is 86.5 Å². The molecule has 1 aliphatic heterocycles. The minimum absolute atomic E-state index is 0.0220. The highest BCUT2D eigenvalue weighted by molar-refractivity contribution is 7.92. The van der Waals surface area contributed by atoms with Gasteiger partial charge in [-0.2, -0.15) is 0 Å². The number of anilines is 2. The number of likely N-dealkylation sites (tertiary alicyclic amines) is 1. The lowest BCUT2D eigenvalue weighted by Crippen LogP contribution is -2.43. The molecule has 0 saturated carbocycles. The fourth-order valence-corrected chi connectivity index (χ4v) is 6.74. The maximum atomic E-state index is 14.0. The van der Waals surface area contributed by atoms with Gasteiger partial charge in [0.15, 0.2) is 5.78 Å². The smallest absolute Gasteiger partial charge is 0.414 e. The first-order chi connectivity index (χ1) is 22.2. The number of carboxylic acids is 2. The molecule has 0 unspecified atom stereocenters.